The highest BCUT2D eigenvalue weighted by Gasteiger charge is 2.13. The van der Waals surface area contributed by atoms with Crippen molar-refractivity contribution in [1.29, 1.82) is 0 Å². The van der Waals surface area contributed by atoms with Gasteiger partial charge in [0.2, 0.25) is 0 Å². The number of fused-ring (bicyclic) bond motifs is 1. The number of nitrogens with one attached hydrogen (secondary N) is 1. The van der Waals surface area contributed by atoms with E-state index in [1.54, 1.807) is 0 Å². The van der Waals surface area contributed by atoms with Gasteiger partial charge >= 0.3 is 0 Å². The number of nitrogens with two attached hydrogens (primary N) is 1. The maximum Gasteiger partial charge on any atom is 0.154 e. The Kier molecular flexibility index (Phi) is 4.96. The van der Waals surface area contributed by atoms with Crippen molar-refractivity contribution in [2.45, 2.75) is 25.9 Å². The Morgan fingerprint density at radius 2 is 1.81 bits per heavy atom. The van der Waals surface area contributed by atoms with E-state index >= 15 is 0 Å². The van der Waals surface area contributed by atoms with Crippen molar-refractivity contribution in [1.82, 2.24) is 9.88 Å². The zero-order valence-corrected chi connectivity index (χ0v) is 15.5. The molecule has 2 heterocycles. The van der Waals surface area contributed by atoms with Crippen molar-refractivity contribution in [3.05, 3.63) is 64.8 Å². The van der Waals surface area contributed by atoms with Gasteiger partial charge in [-0.25, -0.2) is 4.98 Å². The van der Waals surface area contributed by atoms with Crippen LogP contribution in [0.3, 0.4) is 0 Å². The molecule has 2 aromatic carbocycles. The summed E-state index contributed by atoms with van der Waals surface area (Å²) in [4.78, 5) is 6.87. The average Bonchev–Trinajstić information content (AvgIpc) is 3.15. The van der Waals surface area contributed by atoms with Crippen LogP contribution in [0.5, 0.6) is 0 Å². The standard InChI is InChI=1S/C21H23ClN4/c22-21-19(23)20(17-8-1-2-9-18(17)25-21)24-13-15-6-5-7-16(12-15)14-26-10-3-4-11-26/h1-2,5-9,12H,3-4,10-11,13-14,23H2,(H,24,25). The van der Waals surface area contributed by atoms with Crippen molar-refractivity contribution in [3.63, 3.8) is 0 Å². The predicted octanol–water partition coefficient (Wildman–Crippen LogP) is 4.68. The largest absolute Gasteiger partial charge is 0.395 e. The number of anilines is 2. The molecule has 3 N–H and O–H groups in total. The number of rotatable bonds is 5. The Labute approximate surface area is 159 Å². The molecule has 26 heavy (non-hydrogen) atoms. The first kappa shape index (κ1) is 17.1. The molecule has 0 atom stereocenters. The number of aromatic nitrogens is 1. The zero-order chi connectivity index (χ0) is 17.9. The molecule has 0 amide bonds. The topological polar surface area (TPSA) is 54.2 Å². The van der Waals surface area contributed by atoms with Crippen molar-refractivity contribution in [2.24, 2.45) is 0 Å². The fraction of sp³-hybridized carbons (Fsp3) is 0.286. The van der Waals surface area contributed by atoms with Gasteiger partial charge in [-0.1, -0.05) is 54.1 Å². The Bertz CT molecular complexity index is 919. The highest BCUT2D eigenvalue weighted by Crippen LogP contribution is 2.33. The molecule has 1 aliphatic heterocycles. The van der Waals surface area contributed by atoms with E-state index in [0.29, 0.717) is 17.4 Å². The molecule has 3 aromatic rings. The number of pyridine rings is 1. The van der Waals surface area contributed by atoms with Crippen molar-refractivity contribution < 1.29 is 0 Å². The van der Waals surface area contributed by atoms with Gasteiger partial charge in [-0.2, -0.15) is 0 Å². The van der Waals surface area contributed by atoms with Crippen molar-refractivity contribution in [2.75, 3.05) is 24.1 Å². The van der Waals surface area contributed by atoms with Crippen LogP contribution >= 0.6 is 11.6 Å². The Hall–Kier alpha value is -2.30. The minimum atomic E-state index is 0.342. The van der Waals surface area contributed by atoms with Gasteiger partial charge in [0.05, 0.1) is 16.9 Å². The summed E-state index contributed by atoms with van der Waals surface area (Å²) in [7, 11) is 0. The van der Waals surface area contributed by atoms with Crippen LogP contribution < -0.4 is 11.1 Å². The zero-order valence-electron chi connectivity index (χ0n) is 14.7. The van der Waals surface area contributed by atoms with Gasteiger partial charge in [0.15, 0.2) is 5.15 Å². The summed E-state index contributed by atoms with van der Waals surface area (Å²) >= 11 is 6.21. The fourth-order valence-electron chi connectivity index (χ4n) is 3.61. The van der Waals surface area contributed by atoms with Crippen LogP contribution in [0.25, 0.3) is 10.9 Å². The van der Waals surface area contributed by atoms with Crippen LogP contribution in [0.4, 0.5) is 11.4 Å². The summed E-state index contributed by atoms with van der Waals surface area (Å²) in [5.74, 6) is 0. The van der Waals surface area contributed by atoms with Crippen LogP contribution in [-0.4, -0.2) is 23.0 Å². The number of likely N-dealkylation sites (tertiary alicyclic amines) is 1. The number of benzene rings is 2. The first-order valence-electron chi connectivity index (χ1n) is 9.08. The minimum Gasteiger partial charge on any atom is -0.395 e. The monoisotopic (exact) mass is 366 g/mol. The molecule has 134 valence electrons. The molecule has 0 bridgehead atoms. The lowest BCUT2D eigenvalue weighted by Crippen LogP contribution is -2.18. The van der Waals surface area contributed by atoms with Crippen LogP contribution in [0, 0.1) is 0 Å². The normalized spacial score (nSPS) is 14.8. The SMILES string of the molecule is Nc1c(Cl)nc2ccccc2c1NCc1cccc(CN2CCCC2)c1. The third-order valence-corrected chi connectivity index (χ3v) is 5.24. The molecule has 0 radical (unpaired) electrons. The molecular weight excluding hydrogens is 344 g/mol. The summed E-state index contributed by atoms with van der Waals surface area (Å²) < 4.78 is 0. The average molecular weight is 367 g/mol. The lowest BCUT2D eigenvalue weighted by atomic mass is 10.1. The van der Waals surface area contributed by atoms with Crippen LogP contribution in [0.15, 0.2) is 48.5 Å². The van der Waals surface area contributed by atoms with E-state index in [1.165, 1.54) is 37.1 Å². The summed E-state index contributed by atoms with van der Waals surface area (Å²) in [6.07, 6.45) is 2.63. The van der Waals surface area contributed by atoms with E-state index in [2.05, 4.69) is 39.5 Å². The Balaban J connectivity index is 1.54. The van der Waals surface area contributed by atoms with Crippen LogP contribution in [0.1, 0.15) is 24.0 Å². The van der Waals surface area contributed by atoms with Gasteiger partial charge in [-0.3, -0.25) is 4.90 Å². The van der Waals surface area contributed by atoms with Crippen LogP contribution in [-0.2, 0) is 13.1 Å². The summed E-state index contributed by atoms with van der Waals surface area (Å²) in [6.45, 7) is 4.14. The smallest absolute Gasteiger partial charge is 0.154 e. The van der Waals surface area contributed by atoms with Crippen LogP contribution in [0.2, 0.25) is 5.15 Å². The van der Waals surface area contributed by atoms with E-state index in [-0.39, 0.29) is 0 Å². The first-order valence-corrected chi connectivity index (χ1v) is 9.46. The molecule has 0 spiro atoms. The number of hydrogen-bond acceptors (Lipinski definition) is 4. The second kappa shape index (κ2) is 7.52. The van der Waals surface area contributed by atoms with E-state index in [4.69, 9.17) is 17.3 Å². The molecule has 0 unspecified atom stereocenters. The summed E-state index contributed by atoms with van der Waals surface area (Å²) in [5.41, 5.74) is 11.0. The van der Waals surface area contributed by atoms with Gasteiger partial charge in [-0.15, -0.1) is 0 Å². The lowest BCUT2D eigenvalue weighted by molar-refractivity contribution is 0.331. The van der Waals surface area contributed by atoms with E-state index < -0.39 is 0 Å². The van der Waals surface area contributed by atoms with Crippen molar-refractivity contribution in [3.8, 4) is 0 Å². The number of para-hydroxylation sites is 1. The van der Waals surface area contributed by atoms with Gasteiger partial charge in [0.1, 0.15) is 0 Å². The summed E-state index contributed by atoms with van der Waals surface area (Å²) in [6, 6.07) is 16.6. The Morgan fingerprint density at radius 1 is 1.04 bits per heavy atom. The fourth-order valence-corrected chi connectivity index (χ4v) is 3.80. The molecule has 5 heteroatoms. The number of nitrogens with zero attached hydrogens (tertiary/aromatic N) is 2. The second-order valence-corrected chi connectivity index (χ2v) is 7.22. The predicted molar refractivity (Wildman–Crippen MR) is 109 cm³/mol. The summed E-state index contributed by atoms with van der Waals surface area (Å²) in [5, 5.41) is 4.80. The highest BCUT2D eigenvalue weighted by molar-refractivity contribution is 6.33. The van der Waals surface area contributed by atoms with Gasteiger partial charge in [0, 0.05) is 18.5 Å². The molecule has 1 fully saturated rings. The number of nitrogen functional groups attached to an aromatic ring is 1. The van der Waals surface area contributed by atoms with Gasteiger partial charge < -0.3 is 11.1 Å². The molecular formula is C21H23ClN4. The third kappa shape index (κ3) is 3.62. The van der Waals surface area contributed by atoms with E-state index in [9.17, 15) is 0 Å². The Morgan fingerprint density at radius 3 is 2.65 bits per heavy atom. The molecule has 1 saturated heterocycles. The third-order valence-electron chi connectivity index (χ3n) is 4.95. The first-order chi connectivity index (χ1) is 12.7. The minimum absolute atomic E-state index is 0.342. The molecule has 0 aliphatic carbocycles. The maximum absolute atomic E-state index is 6.21. The highest BCUT2D eigenvalue weighted by atomic mass is 35.5. The quantitative estimate of drug-likeness (QED) is 0.644. The van der Waals surface area contributed by atoms with Gasteiger partial charge in [0.25, 0.3) is 0 Å². The van der Waals surface area contributed by atoms with E-state index in [1.807, 2.05) is 24.3 Å². The maximum atomic E-state index is 6.21. The number of halogens is 1. The molecule has 0 saturated carbocycles. The molecule has 4 rings (SSSR count). The number of hydrogen-bond donors (Lipinski definition) is 2. The van der Waals surface area contributed by atoms with Gasteiger partial charge in [-0.05, 0) is 43.1 Å². The molecule has 4 nitrogen and oxygen atoms in total. The second-order valence-electron chi connectivity index (χ2n) is 6.87. The van der Waals surface area contributed by atoms with E-state index in [0.717, 1.165) is 23.1 Å². The van der Waals surface area contributed by atoms with Crippen molar-refractivity contribution >= 4 is 33.9 Å². The lowest BCUT2D eigenvalue weighted by Gasteiger charge is -2.16. The molecule has 1 aromatic heterocycles. The molecule has 1 aliphatic rings.